The van der Waals surface area contributed by atoms with Crippen LogP contribution in [0.1, 0.15) is 11.1 Å². The summed E-state index contributed by atoms with van der Waals surface area (Å²) in [5.74, 6) is 0.364. The minimum absolute atomic E-state index is 0.0167. The van der Waals surface area contributed by atoms with Gasteiger partial charge in [0.1, 0.15) is 12.3 Å². The van der Waals surface area contributed by atoms with E-state index in [1.165, 1.54) is 0 Å². The molecule has 0 aliphatic carbocycles. The second-order valence-corrected chi connectivity index (χ2v) is 4.89. The zero-order valence-electron chi connectivity index (χ0n) is 10.7. The fraction of sp³-hybridized carbons (Fsp3) is 0.385. The largest absolute Gasteiger partial charge is 0.483 e. The first-order chi connectivity index (χ1) is 9.08. The Morgan fingerprint density at radius 2 is 2.32 bits per heavy atom. The van der Waals surface area contributed by atoms with Gasteiger partial charge in [-0.3, -0.25) is 4.79 Å². The molecule has 1 aromatic carbocycles. The predicted molar refractivity (Wildman–Crippen MR) is 75.8 cm³/mol. The Kier molecular flexibility index (Phi) is 6.33. The third-order valence-corrected chi connectivity index (χ3v) is 2.90. The van der Waals surface area contributed by atoms with Gasteiger partial charge in [-0.2, -0.15) is 5.26 Å². The third-order valence-electron chi connectivity index (χ3n) is 2.44. The molecule has 1 rings (SSSR count). The lowest BCUT2D eigenvalue weighted by molar-refractivity contribution is -0.122. The average Bonchev–Trinajstić information content (AvgIpc) is 2.35. The summed E-state index contributed by atoms with van der Waals surface area (Å²) in [5.41, 5.74) is 7.46. The summed E-state index contributed by atoms with van der Waals surface area (Å²) in [5, 5.41) is 10.8. The van der Waals surface area contributed by atoms with Crippen LogP contribution in [0.15, 0.2) is 16.6 Å². The second-order valence-electron chi connectivity index (χ2n) is 3.97. The Morgan fingerprint density at radius 1 is 1.58 bits per heavy atom. The van der Waals surface area contributed by atoms with Gasteiger partial charge in [0.25, 0.3) is 5.91 Å². The number of nitrogens with one attached hydrogen (secondary N) is 1. The van der Waals surface area contributed by atoms with Crippen molar-refractivity contribution >= 4 is 21.8 Å². The SMILES string of the molecule is Cc1cc(Br)cc(CCN)c1OCC(=O)NCC#N. The molecule has 0 saturated carbocycles. The first-order valence-corrected chi connectivity index (χ1v) is 6.63. The maximum Gasteiger partial charge on any atom is 0.258 e. The smallest absolute Gasteiger partial charge is 0.258 e. The number of nitrogens with two attached hydrogens (primary N) is 1. The van der Waals surface area contributed by atoms with Crippen molar-refractivity contribution in [2.45, 2.75) is 13.3 Å². The van der Waals surface area contributed by atoms with Crippen molar-refractivity contribution in [3.63, 3.8) is 0 Å². The van der Waals surface area contributed by atoms with Gasteiger partial charge in [0.2, 0.25) is 0 Å². The molecule has 0 fully saturated rings. The topological polar surface area (TPSA) is 88.1 Å². The lowest BCUT2D eigenvalue weighted by Crippen LogP contribution is -2.29. The van der Waals surface area contributed by atoms with Gasteiger partial charge in [-0.1, -0.05) is 15.9 Å². The average molecular weight is 326 g/mol. The highest BCUT2D eigenvalue weighted by Crippen LogP contribution is 2.28. The van der Waals surface area contributed by atoms with Gasteiger partial charge in [-0.15, -0.1) is 0 Å². The van der Waals surface area contributed by atoms with E-state index in [4.69, 9.17) is 15.7 Å². The molecule has 0 unspecified atom stereocenters. The normalized spacial score (nSPS) is 9.79. The third kappa shape index (κ3) is 4.89. The van der Waals surface area contributed by atoms with Gasteiger partial charge >= 0.3 is 0 Å². The Labute approximate surface area is 120 Å². The number of benzene rings is 1. The van der Waals surface area contributed by atoms with Crippen molar-refractivity contribution in [3.8, 4) is 11.8 Å². The summed E-state index contributed by atoms with van der Waals surface area (Å²) in [6, 6.07) is 5.69. The van der Waals surface area contributed by atoms with E-state index in [9.17, 15) is 4.79 Å². The summed E-state index contributed by atoms with van der Waals surface area (Å²) in [7, 11) is 0. The Hall–Kier alpha value is -1.58. The molecule has 0 radical (unpaired) electrons. The fourth-order valence-corrected chi connectivity index (χ4v) is 2.29. The van der Waals surface area contributed by atoms with E-state index in [0.717, 1.165) is 15.6 Å². The molecular weight excluding hydrogens is 310 g/mol. The van der Waals surface area contributed by atoms with E-state index in [1.807, 2.05) is 25.1 Å². The highest BCUT2D eigenvalue weighted by molar-refractivity contribution is 9.10. The van der Waals surface area contributed by atoms with Crippen molar-refractivity contribution < 1.29 is 9.53 Å². The highest BCUT2D eigenvalue weighted by Gasteiger charge is 2.10. The molecule has 19 heavy (non-hydrogen) atoms. The van der Waals surface area contributed by atoms with Crippen molar-refractivity contribution in [3.05, 3.63) is 27.7 Å². The number of nitrogens with zero attached hydrogens (tertiary/aromatic N) is 1. The van der Waals surface area contributed by atoms with E-state index in [0.29, 0.717) is 18.7 Å². The number of carbonyl (C=O) groups excluding carboxylic acids is 1. The minimum atomic E-state index is -0.317. The minimum Gasteiger partial charge on any atom is -0.483 e. The summed E-state index contributed by atoms with van der Waals surface area (Å²) >= 11 is 3.42. The van der Waals surface area contributed by atoms with E-state index in [-0.39, 0.29) is 19.1 Å². The van der Waals surface area contributed by atoms with Crippen LogP contribution in [-0.4, -0.2) is 25.6 Å². The molecule has 0 aliphatic heterocycles. The molecule has 3 N–H and O–H groups in total. The number of amides is 1. The van der Waals surface area contributed by atoms with Gasteiger partial charge in [0.05, 0.1) is 6.07 Å². The molecule has 5 nitrogen and oxygen atoms in total. The van der Waals surface area contributed by atoms with Crippen LogP contribution in [0.3, 0.4) is 0 Å². The number of halogens is 1. The number of carbonyl (C=O) groups is 1. The Balaban J connectivity index is 2.76. The molecule has 102 valence electrons. The van der Waals surface area contributed by atoms with Crippen LogP contribution in [0, 0.1) is 18.3 Å². The number of aryl methyl sites for hydroxylation is 1. The summed E-state index contributed by atoms with van der Waals surface area (Å²) < 4.78 is 6.49. The molecule has 0 aliphatic rings. The number of hydrogen-bond donors (Lipinski definition) is 2. The lowest BCUT2D eigenvalue weighted by Gasteiger charge is -2.14. The Bertz CT molecular complexity index is 497. The first-order valence-electron chi connectivity index (χ1n) is 5.84. The number of nitriles is 1. The van der Waals surface area contributed by atoms with Gasteiger partial charge in [-0.25, -0.2) is 0 Å². The van der Waals surface area contributed by atoms with E-state index >= 15 is 0 Å². The fourth-order valence-electron chi connectivity index (χ4n) is 1.67. The zero-order chi connectivity index (χ0) is 14.3. The van der Waals surface area contributed by atoms with Crippen LogP contribution in [0.25, 0.3) is 0 Å². The van der Waals surface area contributed by atoms with Crippen molar-refractivity contribution in [1.82, 2.24) is 5.32 Å². The second kappa shape index (κ2) is 7.77. The van der Waals surface area contributed by atoms with Crippen LogP contribution in [0.4, 0.5) is 0 Å². The van der Waals surface area contributed by atoms with Crippen LogP contribution < -0.4 is 15.8 Å². The summed E-state index contributed by atoms with van der Waals surface area (Å²) in [6.07, 6.45) is 0.676. The zero-order valence-corrected chi connectivity index (χ0v) is 12.3. The predicted octanol–water partition coefficient (Wildman–Crippen LogP) is 1.28. The molecule has 1 amide bonds. The maximum absolute atomic E-state index is 11.4. The van der Waals surface area contributed by atoms with Gasteiger partial charge < -0.3 is 15.8 Å². The quantitative estimate of drug-likeness (QED) is 0.771. The molecule has 0 atom stereocenters. The Morgan fingerprint density at radius 3 is 2.95 bits per heavy atom. The van der Waals surface area contributed by atoms with E-state index in [2.05, 4.69) is 21.2 Å². The number of ether oxygens (including phenoxy) is 1. The van der Waals surface area contributed by atoms with Crippen LogP contribution in [-0.2, 0) is 11.2 Å². The van der Waals surface area contributed by atoms with Gasteiger partial charge in [0.15, 0.2) is 6.61 Å². The molecule has 1 aromatic rings. The first kappa shape index (κ1) is 15.5. The molecule has 0 aromatic heterocycles. The molecule has 0 bridgehead atoms. The van der Waals surface area contributed by atoms with E-state index < -0.39 is 0 Å². The van der Waals surface area contributed by atoms with Crippen molar-refractivity contribution in [2.24, 2.45) is 5.73 Å². The summed E-state index contributed by atoms with van der Waals surface area (Å²) in [6.45, 7) is 2.29. The lowest BCUT2D eigenvalue weighted by atomic mass is 10.1. The van der Waals surface area contributed by atoms with Crippen LogP contribution >= 0.6 is 15.9 Å². The molecule has 0 saturated heterocycles. The maximum atomic E-state index is 11.4. The molecule has 0 spiro atoms. The summed E-state index contributed by atoms with van der Waals surface area (Å²) in [4.78, 5) is 11.4. The van der Waals surface area contributed by atoms with E-state index in [1.54, 1.807) is 0 Å². The van der Waals surface area contributed by atoms with Crippen molar-refractivity contribution in [2.75, 3.05) is 19.7 Å². The van der Waals surface area contributed by atoms with Crippen LogP contribution in [0.5, 0.6) is 5.75 Å². The molecule has 6 heteroatoms. The standard InChI is InChI=1S/C13H16BrN3O2/c1-9-6-11(14)7-10(2-3-15)13(9)19-8-12(18)17-5-4-16/h6-7H,2-3,5,8,15H2,1H3,(H,17,18). The molecular formula is C13H16BrN3O2. The van der Waals surface area contributed by atoms with Crippen LogP contribution in [0.2, 0.25) is 0 Å². The highest BCUT2D eigenvalue weighted by atomic mass is 79.9. The monoisotopic (exact) mass is 325 g/mol. The molecule has 0 heterocycles. The van der Waals surface area contributed by atoms with Gasteiger partial charge in [-0.05, 0) is 43.1 Å². The van der Waals surface area contributed by atoms with Crippen molar-refractivity contribution in [1.29, 1.82) is 5.26 Å². The number of rotatable bonds is 6. The van der Waals surface area contributed by atoms with Gasteiger partial charge in [0, 0.05) is 4.47 Å². The number of hydrogen-bond acceptors (Lipinski definition) is 4.